The molecule has 0 aliphatic heterocycles. The molecule has 0 radical (unpaired) electrons. The summed E-state index contributed by atoms with van der Waals surface area (Å²) in [6, 6.07) is 16.7. The minimum absolute atomic E-state index is 0.0268. The first kappa shape index (κ1) is 20.9. The van der Waals surface area contributed by atoms with E-state index in [9.17, 15) is 10.1 Å². The van der Waals surface area contributed by atoms with Gasteiger partial charge in [-0.2, -0.15) is 5.26 Å². The van der Waals surface area contributed by atoms with Gasteiger partial charge in [-0.15, -0.1) is 0 Å². The monoisotopic (exact) mass is 401 g/mol. The van der Waals surface area contributed by atoms with Crippen LogP contribution in [-0.4, -0.2) is 11.1 Å². The number of hydrogen-bond donors (Lipinski definition) is 1. The van der Waals surface area contributed by atoms with Crippen LogP contribution in [0.5, 0.6) is 5.75 Å². The van der Waals surface area contributed by atoms with Gasteiger partial charge in [0.25, 0.3) is 5.91 Å². The standard InChI is InChI=1S/C24H23N3O3/c1-4-18-5-9-21(10-6-18)26-24(28)20(14-25)13-19-7-11-22(12-8-19)29-15-23-16(2)27-30-17(23)3/h5-13H,4,15H2,1-3H3,(H,26,28)/b20-13+. The lowest BCUT2D eigenvalue weighted by atomic mass is 10.1. The van der Waals surface area contributed by atoms with Gasteiger partial charge in [0.05, 0.1) is 11.3 Å². The van der Waals surface area contributed by atoms with Crippen molar-refractivity contribution >= 4 is 17.7 Å². The molecule has 152 valence electrons. The van der Waals surface area contributed by atoms with E-state index in [2.05, 4.69) is 17.4 Å². The number of nitriles is 1. The molecule has 1 aromatic heterocycles. The quantitative estimate of drug-likeness (QED) is 0.446. The van der Waals surface area contributed by atoms with Crippen molar-refractivity contribution < 1.29 is 14.1 Å². The van der Waals surface area contributed by atoms with Gasteiger partial charge >= 0.3 is 0 Å². The summed E-state index contributed by atoms with van der Waals surface area (Å²) in [5.74, 6) is 0.965. The predicted octanol–water partition coefficient (Wildman–Crippen LogP) is 4.98. The normalized spacial score (nSPS) is 11.1. The van der Waals surface area contributed by atoms with Gasteiger partial charge in [-0.3, -0.25) is 4.79 Å². The third-order valence-corrected chi connectivity index (χ3v) is 4.74. The van der Waals surface area contributed by atoms with Crippen molar-refractivity contribution in [3.63, 3.8) is 0 Å². The van der Waals surface area contributed by atoms with E-state index < -0.39 is 5.91 Å². The van der Waals surface area contributed by atoms with Crippen LogP contribution in [0.1, 0.15) is 35.1 Å². The molecule has 0 aliphatic carbocycles. The van der Waals surface area contributed by atoms with Crippen LogP contribution in [0.25, 0.3) is 6.08 Å². The largest absolute Gasteiger partial charge is 0.489 e. The van der Waals surface area contributed by atoms with Gasteiger partial charge in [-0.25, -0.2) is 0 Å². The number of benzene rings is 2. The van der Waals surface area contributed by atoms with Gasteiger partial charge in [-0.05, 0) is 61.7 Å². The van der Waals surface area contributed by atoms with E-state index in [0.29, 0.717) is 18.0 Å². The van der Waals surface area contributed by atoms with Crippen molar-refractivity contribution in [1.29, 1.82) is 5.26 Å². The number of aromatic nitrogens is 1. The number of carbonyl (C=O) groups is 1. The molecule has 0 aliphatic rings. The van der Waals surface area contributed by atoms with E-state index in [4.69, 9.17) is 9.26 Å². The van der Waals surface area contributed by atoms with Crippen molar-refractivity contribution in [2.75, 3.05) is 5.32 Å². The fourth-order valence-corrected chi connectivity index (χ4v) is 2.86. The van der Waals surface area contributed by atoms with Crippen molar-refractivity contribution in [1.82, 2.24) is 5.16 Å². The number of nitrogens with zero attached hydrogens (tertiary/aromatic N) is 2. The van der Waals surface area contributed by atoms with E-state index in [1.807, 2.05) is 44.2 Å². The lowest BCUT2D eigenvalue weighted by Crippen LogP contribution is -2.13. The van der Waals surface area contributed by atoms with E-state index in [1.165, 1.54) is 5.56 Å². The van der Waals surface area contributed by atoms with Gasteiger partial charge in [0.2, 0.25) is 0 Å². The lowest BCUT2D eigenvalue weighted by Gasteiger charge is -2.07. The summed E-state index contributed by atoms with van der Waals surface area (Å²) in [5, 5.41) is 16.1. The zero-order valence-electron chi connectivity index (χ0n) is 17.2. The summed E-state index contributed by atoms with van der Waals surface area (Å²) in [6.07, 6.45) is 2.48. The zero-order chi connectivity index (χ0) is 21.5. The predicted molar refractivity (Wildman–Crippen MR) is 115 cm³/mol. The number of anilines is 1. The molecule has 6 heteroatoms. The Labute approximate surface area is 175 Å². The van der Waals surface area contributed by atoms with E-state index in [0.717, 1.165) is 29.0 Å². The number of carbonyl (C=O) groups excluding carboxylic acids is 1. The first-order valence-corrected chi connectivity index (χ1v) is 9.67. The highest BCUT2D eigenvalue weighted by molar-refractivity contribution is 6.09. The summed E-state index contributed by atoms with van der Waals surface area (Å²) >= 11 is 0. The summed E-state index contributed by atoms with van der Waals surface area (Å²) < 4.78 is 10.9. The van der Waals surface area contributed by atoms with Crippen LogP contribution >= 0.6 is 0 Å². The molecule has 0 saturated heterocycles. The van der Waals surface area contributed by atoms with Crippen LogP contribution < -0.4 is 10.1 Å². The number of amides is 1. The van der Waals surface area contributed by atoms with Gasteiger partial charge in [-0.1, -0.05) is 36.3 Å². The van der Waals surface area contributed by atoms with Crippen LogP contribution in [0, 0.1) is 25.2 Å². The Morgan fingerprint density at radius 1 is 1.17 bits per heavy atom. The summed E-state index contributed by atoms with van der Waals surface area (Å²) in [7, 11) is 0. The number of hydrogen-bond acceptors (Lipinski definition) is 5. The first-order valence-electron chi connectivity index (χ1n) is 9.67. The molecule has 1 amide bonds. The highest BCUT2D eigenvalue weighted by Crippen LogP contribution is 2.19. The van der Waals surface area contributed by atoms with E-state index in [1.54, 1.807) is 30.3 Å². The Balaban J connectivity index is 1.65. The second-order valence-electron chi connectivity index (χ2n) is 6.83. The Morgan fingerprint density at radius 3 is 2.43 bits per heavy atom. The van der Waals surface area contributed by atoms with Crippen molar-refractivity contribution in [3.05, 3.63) is 82.2 Å². The molecule has 3 rings (SSSR count). The maximum atomic E-state index is 12.4. The summed E-state index contributed by atoms with van der Waals surface area (Å²) in [4.78, 5) is 12.4. The maximum Gasteiger partial charge on any atom is 0.266 e. The van der Waals surface area contributed by atoms with Gasteiger partial charge < -0.3 is 14.6 Å². The first-order chi connectivity index (χ1) is 14.5. The molecule has 0 spiro atoms. The molecule has 0 atom stereocenters. The Kier molecular flexibility index (Phi) is 6.66. The maximum absolute atomic E-state index is 12.4. The highest BCUT2D eigenvalue weighted by Gasteiger charge is 2.11. The van der Waals surface area contributed by atoms with Crippen LogP contribution in [0.3, 0.4) is 0 Å². The Bertz CT molecular complexity index is 1070. The van der Waals surface area contributed by atoms with Gasteiger partial charge in [0.1, 0.15) is 29.8 Å². The number of ether oxygens (including phenoxy) is 1. The Morgan fingerprint density at radius 2 is 1.87 bits per heavy atom. The average Bonchev–Trinajstić information content (AvgIpc) is 3.09. The third kappa shape index (κ3) is 5.15. The van der Waals surface area contributed by atoms with Gasteiger partial charge in [0.15, 0.2) is 0 Å². The molecule has 0 fully saturated rings. The van der Waals surface area contributed by atoms with Crippen LogP contribution in [-0.2, 0) is 17.8 Å². The molecule has 1 N–H and O–H groups in total. The lowest BCUT2D eigenvalue weighted by molar-refractivity contribution is -0.112. The molecule has 0 saturated carbocycles. The second-order valence-corrected chi connectivity index (χ2v) is 6.83. The molecular formula is C24H23N3O3. The number of aryl methyl sites for hydroxylation is 3. The third-order valence-electron chi connectivity index (χ3n) is 4.74. The molecule has 0 unspecified atom stereocenters. The molecule has 2 aromatic carbocycles. The Hall–Kier alpha value is -3.85. The van der Waals surface area contributed by atoms with Crippen LogP contribution in [0.4, 0.5) is 5.69 Å². The summed E-state index contributed by atoms with van der Waals surface area (Å²) in [6.45, 7) is 6.14. The van der Waals surface area contributed by atoms with Crippen molar-refractivity contribution in [2.24, 2.45) is 0 Å². The molecular weight excluding hydrogens is 378 g/mol. The van der Waals surface area contributed by atoms with Crippen molar-refractivity contribution in [2.45, 2.75) is 33.8 Å². The molecule has 3 aromatic rings. The molecule has 30 heavy (non-hydrogen) atoms. The smallest absolute Gasteiger partial charge is 0.266 e. The van der Waals surface area contributed by atoms with E-state index >= 15 is 0 Å². The fourth-order valence-electron chi connectivity index (χ4n) is 2.86. The minimum atomic E-state index is -0.444. The van der Waals surface area contributed by atoms with Crippen molar-refractivity contribution in [3.8, 4) is 11.8 Å². The molecule has 1 heterocycles. The fraction of sp³-hybridized carbons (Fsp3) is 0.208. The minimum Gasteiger partial charge on any atom is -0.489 e. The van der Waals surface area contributed by atoms with Crippen LogP contribution in [0.2, 0.25) is 0 Å². The highest BCUT2D eigenvalue weighted by atomic mass is 16.5. The SMILES string of the molecule is CCc1ccc(NC(=O)/C(C#N)=C/c2ccc(OCc3c(C)noc3C)cc2)cc1. The number of nitrogens with one attached hydrogen (secondary N) is 1. The van der Waals surface area contributed by atoms with Gasteiger partial charge in [0, 0.05) is 5.69 Å². The average molecular weight is 401 g/mol. The summed E-state index contributed by atoms with van der Waals surface area (Å²) in [5.41, 5.74) is 4.32. The second kappa shape index (κ2) is 9.57. The van der Waals surface area contributed by atoms with Crippen LogP contribution in [0.15, 0.2) is 58.6 Å². The van der Waals surface area contributed by atoms with E-state index in [-0.39, 0.29) is 5.57 Å². The molecule has 0 bridgehead atoms. The topological polar surface area (TPSA) is 88.2 Å². The zero-order valence-corrected chi connectivity index (χ0v) is 17.2. The molecule has 6 nitrogen and oxygen atoms in total. The number of rotatable bonds is 7.